The lowest BCUT2D eigenvalue weighted by Gasteiger charge is -2.40. The van der Waals surface area contributed by atoms with Gasteiger partial charge in [-0.25, -0.2) is 9.18 Å². The lowest BCUT2D eigenvalue weighted by Crippen LogP contribution is -2.53. The molecule has 1 atom stereocenters. The van der Waals surface area contributed by atoms with Gasteiger partial charge in [0, 0.05) is 6.54 Å². The van der Waals surface area contributed by atoms with Crippen molar-refractivity contribution in [3.63, 3.8) is 0 Å². The first-order valence-corrected chi connectivity index (χ1v) is 5.31. The first kappa shape index (κ1) is 11.2. The highest BCUT2D eigenvalue weighted by Crippen LogP contribution is 2.32. The lowest BCUT2D eigenvalue weighted by atomic mass is 10.0. The Morgan fingerprint density at radius 2 is 2.38 bits per heavy atom. The van der Waals surface area contributed by atoms with Crippen LogP contribution in [0, 0.1) is 5.82 Å². The summed E-state index contributed by atoms with van der Waals surface area (Å²) in [6.45, 7) is 0.636. The second-order valence-electron chi connectivity index (χ2n) is 3.59. The Morgan fingerprint density at radius 1 is 1.62 bits per heavy atom. The van der Waals surface area contributed by atoms with Gasteiger partial charge >= 0.3 is 5.97 Å². The van der Waals surface area contributed by atoms with Crippen molar-refractivity contribution in [3.05, 3.63) is 29.0 Å². The SMILES string of the molecule is COC(=O)C1CCN1c1cccc(Cl)c1F. The van der Waals surface area contributed by atoms with E-state index >= 15 is 0 Å². The maximum Gasteiger partial charge on any atom is 0.328 e. The fourth-order valence-corrected chi connectivity index (χ4v) is 1.94. The van der Waals surface area contributed by atoms with Crippen LogP contribution in [0.25, 0.3) is 0 Å². The Hall–Kier alpha value is -1.29. The third-order valence-electron chi connectivity index (χ3n) is 2.73. The Kier molecular flexibility index (Phi) is 3.01. The number of nitrogens with zero attached hydrogens (tertiary/aromatic N) is 1. The van der Waals surface area contributed by atoms with Gasteiger partial charge in [0.15, 0.2) is 5.82 Å². The Balaban J connectivity index is 2.25. The van der Waals surface area contributed by atoms with E-state index in [1.165, 1.54) is 13.2 Å². The van der Waals surface area contributed by atoms with Gasteiger partial charge in [-0.05, 0) is 18.6 Å². The molecule has 5 heteroatoms. The minimum Gasteiger partial charge on any atom is -0.467 e. The molecule has 1 heterocycles. The zero-order valence-electron chi connectivity index (χ0n) is 8.74. The first-order valence-electron chi connectivity index (χ1n) is 4.93. The molecular formula is C11H11ClFNO2. The number of esters is 1. The molecule has 0 aliphatic carbocycles. The summed E-state index contributed by atoms with van der Waals surface area (Å²) < 4.78 is 18.3. The molecule has 0 saturated carbocycles. The molecule has 0 bridgehead atoms. The molecule has 1 unspecified atom stereocenters. The normalized spacial score (nSPS) is 19.2. The largest absolute Gasteiger partial charge is 0.467 e. The van der Waals surface area contributed by atoms with E-state index in [1.54, 1.807) is 17.0 Å². The number of methoxy groups -OCH3 is 1. The van der Waals surface area contributed by atoms with E-state index in [4.69, 9.17) is 11.6 Å². The molecule has 0 radical (unpaired) electrons. The molecule has 1 aliphatic rings. The van der Waals surface area contributed by atoms with Crippen LogP contribution in [0.5, 0.6) is 0 Å². The number of hydrogen-bond donors (Lipinski definition) is 0. The number of carbonyl (C=O) groups is 1. The van der Waals surface area contributed by atoms with Crippen molar-refractivity contribution in [2.24, 2.45) is 0 Å². The summed E-state index contributed by atoms with van der Waals surface area (Å²) >= 11 is 5.68. The Labute approximate surface area is 97.8 Å². The summed E-state index contributed by atoms with van der Waals surface area (Å²) in [6, 6.07) is 4.36. The van der Waals surface area contributed by atoms with Crippen LogP contribution in [0.1, 0.15) is 6.42 Å². The van der Waals surface area contributed by atoms with Gasteiger partial charge in [-0.15, -0.1) is 0 Å². The predicted molar refractivity (Wildman–Crippen MR) is 59.2 cm³/mol. The van der Waals surface area contributed by atoms with Crippen LogP contribution in [0.15, 0.2) is 18.2 Å². The maximum atomic E-state index is 13.7. The van der Waals surface area contributed by atoms with E-state index < -0.39 is 11.9 Å². The van der Waals surface area contributed by atoms with Crippen molar-refractivity contribution >= 4 is 23.3 Å². The molecule has 1 fully saturated rings. The van der Waals surface area contributed by atoms with Crippen molar-refractivity contribution in [3.8, 4) is 0 Å². The average molecular weight is 244 g/mol. The average Bonchev–Trinajstić information content (AvgIpc) is 2.23. The number of benzene rings is 1. The van der Waals surface area contributed by atoms with Crippen LogP contribution in [0.2, 0.25) is 5.02 Å². The lowest BCUT2D eigenvalue weighted by molar-refractivity contribution is -0.143. The molecule has 0 amide bonds. The van der Waals surface area contributed by atoms with E-state index in [0.717, 1.165) is 0 Å². The number of halogens is 2. The number of anilines is 1. The van der Waals surface area contributed by atoms with Crippen molar-refractivity contribution in [2.45, 2.75) is 12.5 Å². The summed E-state index contributed by atoms with van der Waals surface area (Å²) in [5.41, 5.74) is 0.356. The molecule has 0 aromatic heterocycles. The van der Waals surface area contributed by atoms with E-state index in [2.05, 4.69) is 4.74 Å². The zero-order chi connectivity index (χ0) is 11.7. The smallest absolute Gasteiger partial charge is 0.328 e. The van der Waals surface area contributed by atoms with Gasteiger partial charge in [0.2, 0.25) is 0 Å². The van der Waals surface area contributed by atoms with Crippen molar-refractivity contribution in [1.82, 2.24) is 0 Å². The zero-order valence-corrected chi connectivity index (χ0v) is 9.50. The van der Waals surface area contributed by atoms with E-state index in [9.17, 15) is 9.18 Å². The van der Waals surface area contributed by atoms with Crippen LogP contribution in [-0.4, -0.2) is 25.7 Å². The van der Waals surface area contributed by atoms with Gasteiger partial charge < -0.3 is 9.64 Å². The highest BCUT2D eigenvalue weighted by atomic mass is 35.5. The minimum absolute atomic E-state index is 0.0630. The molecule has 3 nitrogen and oxygen atoms in total. The second kappa shape index (κ2) is 4.29. The number of carbonyl (C=O) groups excluding carboxylic acids is 1. The fraction of sp³-hybridized carbons (Fsp3) is 0.364. The highest BCUT2D eigenvalue weighted by Gasteiger charge is 2.36. The number of hydrogen-bond acceptors (Lipinski definition) is 3. The standard InChI is InChI=1S/C11H11ClFNO2/c1-16-11(15)9-5-6-14(9)8-4-2-3-7(12)10(8)13/h2-4,9H,5-6H2,1H3. The third-order valence-corrected chi connectivity index (χ3v) is 3.03. The van der Waals surface area contributed by atoms with Crippen LogP contribution in [0.4, 0.5) is 10.1 Å². The summed E-state index contributed by atoms with van der Waals surface area (Å²) in [5.74, 6) is -0.830. The second-order valence-corrected chi connectivity index (χ2v) is 4.00. The third kappa shape index (κ3) is 1.73. The predicted octanol–water partition coefficient (Wildman–Crippen LogP) is 2.23. The van der Waals surface area contributed by atoms with Crippen LogP contribution < -0.4 is 4.90 Å². The minimum atomic E-state index is -0.488. The van der Waals surface area contributed by atoms with Gasteiger partial charge in [-0.3, -0.25) is 0 Å². The van der Waals surface area contributed by atoms with E-state index in [-0.39, 0.29) is 11.0 Å². The fourth-order valence-electron chi connectivity index (χ4n) is 1.77. The van der Waals surface area contributed by atoms with Gasteiger partial charge in [0.05, 0.1) is 17.8 Å². The quantitative estimate of drug-likeness (QED) is 0.746. The maximum absolute atomic E-state index is 13.7. The van der Waals surface area contributed by atoms with Crippen LogP contribution in [-0.2, 0) is 9.53 Å². The molecule has 1 aliphatic heterocycles. The molecule has 1 aromatic rings. The summed E-state index contributed by atoms with van der Waals surface area (Å²) in [4.78, 5) is 13.0. The molecule has 16 heavy (non-hydrogen) atoms. The summed E-state index contributed by atoms with van der Waals surface area (Å²) in [7, 11) is 1.33. The Bertz CT molecular complexity index is 424. The van der Waals surface area contributed by atoms with E-state index in [1.807, 2.05) is 0 Å². The first-order chi connectivity index (χ1) is 7.65. The molecule has 86 valence electrons. The summed E-state index contributed by atoms with van der Waals surface area (Å²) in [5, 5.41) is 0.0630. The molecule has 0 N–H and O–H groups in total. The molecule has 2 rings (SSSR count). The topological polar surface area (TPSA) is 29.5 Å². The monoisotopic (exact) mass is 243 g/mol. The number of rotatable bonds is 2. The van der Waals surface area contributed by atoms with Crippen molar-refractivity contribution < 1.29 is 13.9 Å². The van der Waals surface area contributed by atoms with Gasteiger partial charge in [0.25, 0.3) is 0 Å². The van der Waals surface area contributed by atoms with Gasteiger partial charge in [0.1, 0.15) is 6.04 Å². The highest BCUT2D eigenvalue weighted by molar-refractivity contribution is 6.31. The van der Waals surface area contributed by atoms with Crippen molar-refractivity contribution in [1.29, 1.82) is 0 Å². The molecule has 0 spiro atoms. The number of ether oxygens (including phenoxy) is 1. The van der Waals surface area contributed by atoms with Gasteiger partial charge in [-0.1, -0.05) is 17.7 Å². The molecular weight excluding hydrogens is 233 g/mol. The van der Waals surface area contributed by atoms with Gasteiger partial charge in [-0.2, -0.15) is 0 Å². The molecule has 1 saturated heterocycles. The molecule has 1 aromatic carbocycles. The van der Waals surface area contributed by atoms with Crippen molar-refractivity contribution in [2.75, 3.05) is 18.6 Å². The summed E-state index contributed by atoms with van der Waals surface area (Å²) in [6.07, 6.45) is 0.679. The Morgan fingerprint density at radius 3 is 2.94 bits per heavy atom. The van der Waals surface area contributed by atoms with Crippen LogP contribution >= 0.6 is 11.6 Å². The van der Waals surface area contributed by atoms with Crippen LogP contribution in [0.3, 0.4) is 0 Å². The van der Waals surface area contributed by atoms with E-state index in [0.29, 0.717) is 18.7 Å².